The van der Waals surface area contributed by atoms with Gasteiger partial charge in [0.2, 0.25) is 0 Å². The molecule has 0 rings (SSSR count). The van der Waals surface area contributed by atoms with Crippen molar-refractivity contribution in [1.29, 1.82) is 0 Å². The molecule has 0 aromatic heterocycles. The number of thioether (sulfide) groups is 1. The van der Waals surface area contributed by atoms with Crippen LogP contribution in [-0.2, 0) is 4.74 Å². The number of carbonyl (C=O) groups is 1. The molecule has 5 heteroatoms. The molecule has 0 radical (unpaired) electrons. The van der Waals surface area contributed by atoms with E-state index in [2.05, 4.69) is 0 Å². The molecule has 14 heavy (non-hydrogen) atoms. The Morgan fingerprint density at radius 1 is 1.57 bits per heavy atom. The number of hydrazine groups is 1. The van der Waals surface area contributed by atoms with Gasteiger partial charge in [-0.3, -0.25) is 0 Å². The molecule has 0 aromatic rings. The number of hydrogen-bond donors (Lipinski definition) is 1. The van der Waals surface area contributed by atoms with Crippen LogP contribution in [0.25, 0.3) is 0 Å². The third-order valence-electron chi connectivity index (χ3n) is 1.49. The molecule has 0 aliphatic rings. The van der Waals surface area contributed by atoms with E-state index in [0.29, 0.717) is 0 Å². The smallest absolute Gasteiger partial charge is 0.424 e. The summed E-state index contributed by atoms with van der Waals surface area (Å²) in [7, 11) is 0. The highest BCUT2D eigenvalue weighted by atomic mass is 32.2. The van der Waals surface area contributed by atoms with Crippen molar-refractivity contribution in [2.24, 2.45) is 5.84 Å². The number of nitrogens with zero attached hydrogens (tertiary/aromatic N) is 1. The van der Waals surface area contributed by atoms with Crippen LogP contribution >= 0.6 is 11.8 Å². The number of rotatable bonds is 3. The highest BCUT2D eigenvalue weighted by molar-refractivity contribution is 7.98. The quantitative estimate of drug-likeness (QED) is 0.448. The fourth-order valence-corrected chi connectivity index (χ4v) is 1.46. The lowest BCUT2D eigenvalue weighted by Crippen LogP contribution is -2.47. The summed E-state index contributed by atoms with van der Waals surface area (Å²) >= 11 is 1.64. The average molecular weight is 220 g/mol. The molecular weight excluding hydrogens is 200 g/mol. The topological polar surface area (TPSA) is 55.6 Å². The number of ether oxygens (including phenoxy) is 1. The maximum absolute atomic E-state index is 11.4. The summed E-state index contributed by atoms with van der Waals surface area (Å²) in [6, 6.07) is -0.0140. The zero-order valence-electron chi connectivity index (χ0n) is 9.53. The summed E-state index contributed by atoms with van der Waals surface area (Å²) < 4.78 is 5.12. The van der Waals surface area contributed by atoms with Gasteiger partial charge in [0, 0.05) is 5.75 Å². The second kappa shape index (κ2) is 5.46. The van der Waals surface area contributed by atoms with Crippen molar-refractivity contribution in [2.75, 3.05) is 12.0 Å². The van der Waals surface area contributed by atoms with Gasteiger partial charge >= 0.3 is 6.09 Å². The van der Waals surface area contributed by atoms with Crippen LogP contribution in [0.2, 0.25) is 0 Å². The summed E-state index contributed by atoms with van der Waals surface area (Å²) in [5.74, 6) is 6.40. The van der Waals surface area contributed by atoms with E-state index >= 15 is 0 Å². The second-order valence-corrected chi connectivity index (χ2v) is 5.10. The van der Waals surface area contributed by atoms with E-state index in [1.165, 1.54) is 0 Å². The van der Waals surface area contributed by atoms with Crippen molar-refractivity contribution < 1.29 is 9.53 Å². The van der Waals surface area contributed by atoms with Crippen molar-refractivity contribution in [3.63, 3.8) is 0 Å². The molecule has 1 atom stereocenters. The summed E-state index contributed by atoms with van der Waals surface area (Å²) in [4.78, 5) is 11.4. The van der Waals surface area contributed by atoms with Gasteiger partial charge in [-0.2, -0.15) is 11.8 Å². The molecular formula is C9H20N2O2S. The summed E-state index contributed by atoms with van der Waals surface area (Å²) in [6.07, 6.45) is 1.50. The minimum Gasteiger partial charge on any atom is -0.443 e. The Balaban J connectivity index is 4.12. The minimum atomic E-state index is -0.492. The molecule has 0 aromatic carbocycles. The molecule has 0 heterocycles. The van der Waals surface area contributed by atoms with Crippen molar-refractivity contribution in [1.82, 2.24) is 5.01 Å². The first kappa shape index (κ1) is 13.6. The molecule has 0 spiro atoms. The molecule has 0 fully saturated rings. The number of hydrogen-bond acceptors (Lipinski definition) is 4. The molecule has 4 nitrogen and oxygen atoms in total. The molecule has 0 bridgehead atoms. The average Bonchev–Trinajstić information content (AvgIpc) is 2.00. The lowest BCUT2D eigenvalue weighted by Gasteiger charge is -2.27. The lowest BCUT2D eigenvalue weighted by molar-refractivity contribution is 0.0192. The SMILES string of the molecule is CSCC(C)N(N)C(=O)OC(C)(C)C. The molecule has 1 amide bonds. The van der Waals surface area contributed by atoms with Crippen LogP contribution in [0, 0.1) is 0 Å². The Labute approximate surface area is 90.1 Å². The maximum Gasteiger partial charge on any atom is 0.424 e. The molecule has 0 saturated carbocycles. The van der Waals surface area contributed by atoms with Gasteiger partial charge in [-0.1, -0.05) is 0 Å². The predicted molar refractivity (Wildman–Crippen MR) is 60.1 cm³/mol. The highest BCUT2D eigenvalue weighted by Gasteiger charge is 2.23. The van der Waals surface area contributed by atoms with E-state index in [0.717, 1.165) is 10.8 Å². The van der Waals surface area contributed by atoms with E-state index in [-0.39, 0.29) is 6.04 Å². The van der Waals surface area contributed by atoms with Crippen LogP contribution in [0.15, 0.2) is 0 Å². The van der Waals surface area contributed by atoms with Crippen LogP contribution in [0.3, 0.4) is 0 Å². The zero-order chi connectivity index (χ0) is 11.4. The van der Waals surface area contributed by atoms with Crippen molar-refractivity contribution in [3.05, 3.63) is 0 Å². The summed E-state index contributed by atoms with van der Waals surface area (Å²) in [5.41, 5.74) is -0.492. The highest BCUT2D eigenvalue weighted by Crippen LogP contribution is 2.10. The van der Waals surface area contributed by atoms with Gasteiger partial charge < -0.3 is 4.74 Å². The monoisotopic (exact) mass is 220 g/mol. The first-order valence-corrected chi connectivity index (χ1v) is 5.93. The van der Waals surface area contributed by atoms with Gasteiger partial charge in [-0.15, -0.1) is 0 Å². The summed E-state index contributed by atoms with van der Waals surface area (Å²) in [5, 5.41) is 1.14. The fourth-order valence-electron chi connectivity index (χ4n) is 0.816. The van der Waals surface area contributed by atoms with Crippen LogP contribution in [0.1, 0.15) is 27.7 Å². The first-order chi connectivity index (χ1) is 6.28. The van der Waals surface area contributed by atoms with Gasteiger partial charge in [-0.05, 0) is 34.0 Å². The van der Waals surface area contributed by atoms with Crippen LogP contribution in [0.4, 0.5) is 4.79 Å². The molecule has 1 unspecified atom stereocenters. The Morgan fingerprint density at radius 3 is 2.43 bits per heavy atom. The van der Waals surface area contributed by atoms with Gasteiger partial charge in [0.1, 0.15) is 5.60 Å². The third-order valence-corrected chi connectivity index (χ3v) is 2.30. The molecule has 2 N–H and O–H groups in total. The van der Waals surface area contributed by atoms with Gasteiger partial charge in [0.05, 0.1) is 6.04 Å². The number of nitrogens with two attached hydrogens (primary N) is 1. The van der Waals surface area contributed by atoms with Gasteiger partial charge in [-0.25, -0.2) is 15.6 Å². The largest absolute Gasteiger partial charge is 0.443 e. The summed E-state index contributed by atoms with van der Waals surface area (Å²) in [6.45, 7) is 7.34. The number of carbonyl (C=O) groups excluding carboxylic acids is 1. The lowest BCUT2D eigenvalue weighted by atomic mass is 10.2. The van der Waals surface area contributed by atoms with Gasteiger partial charge in [0.25, 0.3) is 0 Å². The molecule has 0 aliphatic heterocycles. The Hall–Kier alpha value is -0.420. The van der Waals surface area contributed by atoms with E-state index in [9.17, 15) is 4.79 Å². The van der Waals surface area contributed by atoms with Crippen LogP contribution < -0.4 is 5.84 Å². The molecule has 0 saturated heterocycles. The van der Waals surface area contributed by atoms with E-state index < -0.39 is 11.7 Å². The van der Waals surface area contributed by atoms with Crippen molar-refractivity contribution >= 4 is 17.9 Å². The zero-order valence-corrected chi connectivity index (χ0v) is 10.4. The van der Waals surface area contributed by atoms with E-state index in [1.54, 1.807) is 11.8 Å². The Bertz CT molecular complexity index is 192. The fraction of sp³-hybridized carbons (Fsp3) is 0.889. The Kier molecular flexibility index (Phi) is 5.29. The molecule has 0 aliphatic carbocycles. The normalized spacial score (nSPS) is 13.6. The van der Waals surface area contributed by atoms with E-state index in [1.807, 2.05) is 34.0 Å². The van der Waals surface area contributed by atoms with Crippen LogP contribution in [0.5, 0.6) is 0 Å². The maximum atomic E-state index is 11.4. The standard InChI is InChI=1S/C9H20N2O2S/c1-7(6-14-5)11(10)8(12)13-9(2,3)4/h7H,6,10H2,1-5H3. The van der Waals surface area contributed by atoms with Crippen molar-refractivity contribution in [2.45, 2.75) is 39.3 Å². The van der Waals surface area contributed by atoms with Crippen molar-refractivity contribution in [3.8, 4) is 0 Å². The van der Waals surface area contributed by atoms with E-state index in [4.69, 9.17) is 10.6 Å². The predicted octanol–water partition coefficient (Wildman–Crippen LogP) is 1.85. The minimum absolute atomic E-state index is 0.0140. The van der Waals surface area contributed by atoms with Gasteiger partial charge in [0.15, 0.2) is 0 Å². The number of amides is 1. The third kappa shape index (κ3) is 5.34. The van der Waals surface area contributed by atoms with Crippen LogP contribution in [-0.4, -0.2) is 34.8 Å². The Morgan fingerprint density at radius 2 is 2.07 bits per heavy atom. The first-order valence-electron chi connectivity index (χ1n) is 4.53. The molecule has 84 valence electrons. The second-order valence-electron chi connectivity index (χ2n) is 4.19.